The molecule has 0 saturated heterocycles. The van der Waals surface area contributed by atoms with Gasteiger partial charge in [-0.3, -0.25) is 4.79 Å². The average molecular weight is 256 g/mol. The number of nitrogens with two attached hydrogens (primary N) is 1. The topological polar surface area (TPSA) is 55.1 Å². The number of hydrogen-bond donors (Lipinski definition) is 2. The van der Waals surface area contributed by atoms with E-state index in [0.717, 1.165) is 12.5 Å². The smallest absolute Gasteiger partial charge is 0.257 e. The second kappa shape index (κ2) is 6.44. The third-order valence-electron chi connectivity index (χ3n) is 2.63. The van der Waals surface area contributed by atoms with E-state index in [1.165, 1.54) is 13.0 Å². The second-order valence-electron chi connectivity index (χ2n) is 4.43. The van der Waals surface area contributed by atoms with Gasteiger partial charge in [-0.2, -0.15) is 0 Å². The van der Waals surface area contributed by atoms with Crippen LogP contribution in [0, 0.1) is 18.6 Å². The molecule has 0 radical (unpaired) electrons. The molecule has 0 aliphatic carbocycles. The van der Waals surface area contributed by atoms with Gasteiger partial charge in [0.1, 0.15) is 17.2 Å². The van der Waals surface area contributed by atoms with Gasteiger partial charge in [-0.25, -0.2) is 8.78 Å². The van der Waals surface area contributed by atoms with Crippen LogP contribution in [0.3, 0.4) is 0 Å². The Labute approximate surface area is 105 Å². The van der Waals surface area contributed by atoms with Crippen LogP contribution in [0.1, 0.15) is 35.7 Å². The molecule has 0 aliphatic rings. The molecule has 3 N–H and O–H groups in total. The number of halogens is 2. The summed E-state index contributed by atoms with van der Waals surface area (Å²) in [6.07, 6.45) is 1.43. The SMILES string of the molecule is Cc1ccc(F)c(C(=O)NCCCC(C)N)c1F. The maximum absolute atomic E-state index is 13.6. The summed E-state index contributed by atoms with van der Waals surface area (Å²) in [5, 5.41) is 2.49. The summed E-state index contributed by atoms with van der Waals surface area (Å²) < 4.78 is 27.0. The largest absolute Gasteiger partial charge is 0.352 e. The summed E-state index contributed by atoms with van der Waals surface area (Å²) in [5.41, 5.74) is 5.29. The molecule has 1 rings (SSSR count). The monoisotopic (exact) mass is 256 g/mol. The number of hydrogen-bond acceptors (Lipinski definition) is 2. The lowest BCUT2D eigenvalue weighted by atomic mass is 10.1. The van der Waals surface area contributed by atoms with E-state index in [4.69, 9.17) is 5.73 Å². The minimum atomic E-state index is -0.845. The van der Waals surface area contributed by atoms with E-state index in [1.807, 2.05) is 6.92 Å². The zero-order valence-corrected chi connectivity index (χ0v) is 10.6. The van der Waals surface area contributed by atoms with Gasteiger partial charge in [0.25, 0.3) is 5.91 Å². The Hall–Kier alpha value is -1.49. The molecule has 0 saturated carbocycles. The average Bonchev–Trinajstić information content (AvgIpc) is 2.30. The van der Waals surface area contributed by atoms with Gasteiger partial charge in [0.15, 0.2) is 0 Å². The van der Waals surface area contributed by atoms with Gasteiger partial charge < -0.3 is 11.1 Å². The van der Waals surface area contributed by atoms with Gasteiger partial charge in [-0.15, -0.1) is 0 Å². The third kappa shape index (κ3) is 3.77. The van der Waals surface area contributed by atoms with E-state index in [-0.39, 0.29) is 11.6 Å². The third-order valence-corrected chi connectivity index (χ3v) is 2.63. The fourth-order valence-electron chi connectivity index (χ4n) is 1.58. The zero-order chi connectivity index (χ0) is 13.7. The van der Waals surface area contributed by atoms with E-state index >= 15 is 0 Å². The maximum Gasteiger partial charge on any atom is 0.257 e. The lowest BCUT2D eigenvalue weighted by Gasteiger charge is -2.09. The van der Waals surface area contributed by atoms with Gasteiger partial charge in [0.05, 0.1) is 0 Å². The van der Waals surface area contributed by atoms with Crippen LogP contribution in [0.5, 0.6) is 0 Å². The normalized spacial score (nSPS) is 12.3. The standard InChI is InChI=1S/C13H18F2N2O/c1-8-5-6-10(14)11(12(8)15)13(18)17-7-3-4-9(2)16/h5-6,9H,3-4,7,16H2,1-2H3,(H,17,18). The highest BCUT2D eigenvalue weighted by atomic mass is 19.1. The van der Waals surface area contributed by atoms with E-state index in [0.29, 0.717) is 13.0 Å². The molecule has 1 unspecified atom stereocenters. The van der Waals surface area contributed by atoms with Crippen LogP contribution in [0.25, 0.3) is 0 Å². The molecule has 100 valence electrons. The van der Waals surface area contributed by atoms with E-state index in [9.17, 15) is 13.6 Å². The number of carbonyl (C=O) groups excluding carboxylic acids is 1. The lowest BCUT2D eigenvalue weighted by molar-refractivity contribution is 0.0944. The maximum atomic E-state index is 13.6. The first-order valence-corrected chi connectivity index (χ1v) is 5.92. The van der Waals surface area contributed by atoms with Gasteiger partial charge >= 0.3 is 0 Å². The number of amides is 1. The van der Waals surface area contributed by atoms with Gasteiger partial charge in [-0.1, -0.05) is 6.07 Å². The van der Waals surface area contributed by atoms with Crippen molar-refractivity contribution in [3.8, 4) is 0 Å². The number of carbonyl (C=O) groups is 1. The Morgan fingerprint density at radius 2 is 2.11 bits per heavy atom. The highest BCUT2D eigenvalue weighted by Gasteiger charge is 2.18. The molecule has 0 aliphatic heterocycles. The van der Waals surface area contributed by atoms with Crippen molar-refractivity contribution >= 4 is 5.91 Å². The second-order valence-corrected chi connectivity index (χ2v) is 4.43. The number of rotatable bonds is 5. The first-order valence-electron chi connectivity index (χ1n) is 5.92. The first-order chi connectivity index (χ1) is 8.43. The summed E-state index contributed by atoms with van der Waals surface area (Å²) in [6, 6.07) is 2.45. The zero-order valence-electron chi connectivity index (χ0n) is 10.6. The molecular weight excluding hydrogens is 238 g/mol. The van der Waals surface area contributed by atoms with Crippen LogP contribution in [0.2, 0.25) is 0 Å². The molecule has 1 aromatic carbocycles. The Balaban J connectivity index is 2.65. The lowest BCUT2D eigenvalue weighted by Crippen LogP contribution is -2.28. The fourth-order valence-corrected chi connectivity index (χ4v) is 1.58. The molecule has 1 aromatic rings. The van der Waals surface area contributed by atoms with Crippen molar-refractivity contribution in [1.29, 1.82) is 0 Å². The molecule has 0 bridgehead atoms. The molecule has 3 nitrogen and oxygen atoms in total. The number of nitrogens with one attached hydrogen (secondary N) is 1. The van der Waals surface area contributed by atoms with Crippen molar-refractivity contribution in [2.45, 2.75) is 32.7 Å². The minimum Gasteiger partial charge on any atom is -0.352 e. The quantitative estimate of drug-likeness (QED) is 0.793. The Morgan fingerprint density at radius 1 is 1.44 bits per heavy atom. The molecule has 18 heavy (non-hydrogen) atoms. The first kappa shape index (κ1) is 14.6. The molecule has 0 spiro atoms. The summed E-state index contributed by atoms with van der Waals surface area (Å²) in [7, 11) is 0. The molecule has 1 amide bonds. The van der Waals surface area contributed by atoms with Crippen molar-refractivity contribution in [2.24, 2.45) is 5.73 Å². The summed E-state index contributed by atoms with van der Waals surface area (Å²) >= 11 is 0. The molecule has 0 heterocycles. The predicted octanol–water partition coefficient (Wildman–Crippen LogP) is 2.13. The van der Waals surface area contributed by atoms with Crippen molar-refractivity contribution in [3.63, 3.8) is 0 Å². The molecule has 1 atom stereocenters. The van der Waals surface area contributed by atoms with Crippen LogP contribution in [-0.2, 0) is 0 Å². The van der Waals surface area contributed by atoms with Gasteiger partial charge in [0.2, 0.25) is 0 Å². The minimum absolute atomic E-state index is 0.0503. The number of benzene rings is 1. The predicted molar refractivity (Wildman–Crippen MR) is 66.3 cm³/mol. The summed E-state index contributed by atoms with van der Waals surface area (Å²) in [4.78, 5) is 11.7. The van der Waals surface area contributed by atoms with Crippen molar-refractivity contribution in [1.82, 2.24) is 5.32 Å². The van der Waals surface area contributed by atoms with Crippen LogP contribution < -0.4 is 11.1 Å². The van der Waals surface area contributed by atoms with Crippen LogP contribution in [-0.4, -0.2) is 18.5 Å². The summed E-state index contributed by atoms with van der Waals surface area (Å²) in [6.45, 7) is 3.70. The molecule has 0 aromatic heterocycles. The molecule has 0 fully saturated rings. The summed E-state index contributed by atoms with van der Waals surface area (Å²) in [5.74, 6) is -2.37. The number of aryl methyl sites for hydroxylation is 1. The van der Waals surface area contributed by atoms with Crippen molar-refractivity contribution in [2.75, 3.05) is 6.54 Å². The Bertz CT molecular complexity index is 433. The van der Waals surface area contributed by atoms with Crippen LogP contribution in [0.4, 0.5) is 8.78 Å². The molecule has 5 heteroatoms. The van der Waals surface area contributed by atoms with Crippen LogP contribution in [0.15, 0.2) is 12.1 Å². The molecular formula is C13H18F2N2O. The van der Waals surface area contributed by atoms with Crippen LogP contribution >= 0.6 is 0 Å². The Morgan fingerprint density at radius 3 is 2.72 bits per heavy atom. The Kier molecular flexibility index (Phi) is 5.22. The van der Waals surface area contributed by atoms with E-state index < -0.39 is 23.1 Å². The van der Waals surface area contributed by atoms with Gasteiger partial charge in [-0.05, 0) is 38.3 Å². The van der Waals surface area contributed by atoms with Crippen molar-refractivity contribution < 1.29 is 13.6 Å². The van der Waals surface area contributed by atoms with E-state index in [1.54, 1.807) is 0 Å². The van der Waals surface area contributed by atoms with E-state index in [2.05, 4.69) is 5.32 Å². The highest BCUT2D eigenvalue weighted by molar-refractivity contribution is 5.94. The van der Waals surface area contributed by atoms with Gasteiger partial charge in [0, 0.05) is 12.6 Å². The van der Waals surface area contributed by atoms with Crippen molar-refractivity contribution in [3.05, 3.63) is 34.9 Å². The fraction of sp³-hybridized carbons (Fsp3) is 0.462. The highest BCUT2D eigenvalue weighted by Crippen LogP contribution is 2.16.